The molecule has 0 aromatic heterocycles. The monoisotopic (exact) mass is 432 g/mol. The molecule has 0 amide bonds. The van der Waals surface area contributed by atoms with Crippen molar-refractivity contribution in [3.05, 3.63) is 90.5 Å². The van der Waals surface area contributed by atoms with Crippen LogP contribution in [0.3, 0.4) is 0 Å². The Morgan fingerprint density at radius 2 is 1.35 bits per heavy atom. The molecule has 0 radical (unpaired) electrons. The molecule has 4 heteroatoms. The van der Waals surface area contributed by atoms with Gasteiger partial charge in [-0.25, -0.2) is 0 Å². The number of hydrogen-bond donors (Lipinski definition) is 0. The van der Waals surface area contributed by atoms with E-state index in [1.807, 2.05) is 36.4 Å². The fourth-order valence-electron chi connectivity index (χ4n) is 4.26. The van der Waals surface area contributed by atoms with Gasteiger partial charge in [-0.2, -0.15) is 0 Å². The fraction of sp³-hybridized carbons (Fsp3) is 0.296. The maximum atomic E-state index is 11.9. The summed E-state index contributed by atoms with van der Waals surface area (Å²) in [5, 5.41) is 2.42. The van der Waals surface area contributed by atoms with E-state index in [9.17, 15) is 4.79 Å². The SMILES string of the molecule is COc1ccc(C(C=O)CCO[Si](c2ccccc2)(c2ccccc2)C(C)(C)C)cc1. The predicted octanol–water partition coefficient (Wildman–Crippen LogP) is 4.94. The summed E-state index contributed by atoms with van der Waals surface area (Å²) in [5.41, 5.74) is 0.988. The minimum absolute atomic E-state index is 0.0769. The number of carbonyl (C=O) groups excluding carboxylic acids is 1. The van der Waals surface area contributed by atoms with Crippen LogP contribution in [0, 0.1) is 0 Å². The van der Waals surface area contributed by atoms with Crippen LogP contribution in [-0.2, 0) is 9.22 Å². The molecule has 0 fully saturated rings. The molecule has 0 spiro atoms. The molecular formula is C27H32O3Si. The summed E-state index contributed by atoms with van der Waals surface area (Å²) in [4.78, 5) is 11.9. The quantitative estimate of drug-likeness (QED) is 0.355. The van der Waals surface area contributed by atoms with Gasteiger partial charge in [-0.05, 0) is 39.5 Å². The lowest BCUT2D eigenvalue weighted by atomic mass is 9.98. The van der Waals surface area contributed by atoms with Gasteiger partial charge in [0.25, 0.3) is 8.32 Å². The van der Waals surface area contributed by atoms with Gasteiger partial charge in [-0.3, -0.25) is 0 Å². The molecule has 3 aromatic carbocycles. The zero-order valence-electron chi connectivity index (χ0n) is 18.9. The van der Waals surface area contributed by atoms with Crippen LogP contribution in [0.1, 0.15) is 38.7 Å². The maximum absolute atomic E-state index is 11.9. The van der Waals surface area contributed by atoms with Crippen molar-refractivity contribution in [1.29, 1.82) is 0 Å². The highest BCUT2D eigenvalue weighted by atomic mass is 28.4. The van der Waals surface area contributed by atoms with Crippen molar-refractivity contribution in [3.8, 4) is 5.75 Å². The van der Waals surface area contributed by atoms with Crippen molar-refractivity contribution in [2.45, 2.75) is 38.1 Å². The lowest BCUT2D eigenvalue weighted by Crippen LogP contribution is -2.66. The van der Waals surface area contributed by atoms with E-state index in [1.54, 1.807) is 7.11 Å². The van der Waals surface area contributed by atoms with Crippen LogP contribution in [0.2, 0.25) is 5.04 Å². The third-order valence-corrected chi connectivity index (χ3v) is 10.9. The van der Waals surface area contributed by atoms with Crippen molar-refractivity contribution in [3.63, 3.8) is 0 Å². The fourth-order valence-corrected chi connectivity index (χ4v) is 8.84. The predicted molar refractivity (Wildman–Crippen MR) is 130 cm³/mol. The number of methoxy groups -OCH3 is 1. The molecule has 0 N–H and O–H groups in total. The average molecular weight is 433 g/mol. The summed E-state index contributed by atoms with van der Waals surface area (Å²) in [6, 6.07) is 28.9. The second-order valence-corrected chi connectivity index (χ2v) is 13.1. The number of rotatable bonds is 9. The molecule has 0 heterocycles. The molecule has 3 aromatic rings. The maximum Gasteiger partial charge on any atom is 0.261 e. The van der Waals surface area contributed by atoms with Crippen LogP contribution in [0.5, 0.6) is 5.75 Å². The van der Waals surface area contributed by atoms with E-state index in [2.05, 4.69) is 69.3 Å². The summed E-state index contributed by atoms with van der Waals surface area (Å²) in [7, 11) is -0.938. The number of benzene rings is 3. The third-order valence-electron chi connectivity index (χ3n) is 5.87. The van der Waals surface area contributed by atoms with Crippen LogP contribution in [-0.4, -0.2) is 28.3 Å². The minimum atomic E-state index is -2.58. The number of ether oxygens (including phenoxy) is 1. The van der Waals surface area contributed by atoms with Gasteiger partial charge in [-0.1, -0.05) is 93.6 Å². The molecule has 3 nitrogen and oxygen atoms in total. The Kier molecular flexibility index (Phi) is 7.47. The number of hydrogen-bond acceptors (Lipinski definition) is 3. The summed E-state index contributed by atoms with van der Waals surface area (Å²) in [6.45, 7) is 7.31. The summed E-state index contributed by atoms with van der Waals surface area (Å²) < 4.78 is 12.2. The topological polar surface area (TPSA) is 35.5 Å². The summed E-state index contributed by atoms with van der Waals surface area (Å²) in [5.74, 6) is 0.584. The molecule has 0 aliphatic carbocycles. The number of carbonyl (C=O) groups is 1. The van der Waals surface area contributed by atoms with E-state index in [1.165, 1.54) is 10.4 Å². The van der Waals surface area contributed by atoms with Gasteiger partial charge in [0.2, 0.25) is 0 Å². The normalized spacial score (nSPS) is 12.9. The highest BCUT2D eigenvalue weighted by Gasteiger charge is 2.50. The lowest BCUT2D eigenvalue weighted by molar-refractivity contribution is -0.109. The Balaban J connectivity index is 1.91. The Hall–Kier alpha value is -2.69. The second-order valence-electron chi connectivity index (χ2n) is 8.82. The first-order chi connectivity index (χ1) is 14.9. The zero-order chi connectivity index (χ0) is 22.3. The summed E-state index contributed by atoms with van der Waals surface area (Å²) in [6.07, 6.45) is 1.66. The van der Waals surface area contributed by atoms with Crippen molar-refractivity contribution < 1.29 is 14.0 Å². The van der Waals surface area contributed by atoms with E-state index < -0.39 is 8.32 Å². The lowest BCUT2D eigenvalue weighted by Gasteiger charge is -2.43. The standard InChI is InChI=1S/C27H32O3Si/c1-27(2,3)31(25-11-7-5-8-12-25,26-13-9-6-10-14-26)30-20-19-23(21-28)22-15-17-24(29-4)18-16-22/h5-18,21,23H,19-20H2,1-4H3. The smallest absolute Gasteiger partial charge is 0.261 e. The molecule has 0 aliphatic heterocycles. The van der Waals surface area contributed by atoms with E-state index in [4.69, 9.17) is 9.16 Å². The molecule has 1 atom stereocenters. The largest absolute Gasteiger partial charge is 0.497 e. The van der Waals surface area contributed by atoms with Crippen molar-refractivity contribution in [2.75, 3.05) is 13.7 Å². The molecule has 0 saturated carbocycles. The second kappa shape index (κ2) is 10.1. The average Bonchev–Trinajstić information content (AvgIpc) is 2.80. The molecule has 0 aliphatic rings. The highest BCUT2D eigenvalue weighted by Crippen LogP contribution is 2.37. The van der Waals surface area contributed by atoms with E-state index in [-0.39, 0.29) is 11.0 Å². The summed E-state index contributed by atoms with van der Waals surface area (Å²) >= 11 is 0. The van der Waals surface area contributed by atoms with Gasteiger partial charge in [0.1, 0.15) is 12.0 Å². The van der Waals surface area contributed by atoms with E-state index in [0.29, 0.717) is 13.0 Å². The van der Waals surface area contributed by atoms with Crippen LogP contribution < -0.4 is 15.1 Å². The van der Waals surface area contributed by atoms with Gasteiger partial charge in [-0.15, -0.1) is 0 Å². The Morgan fingerprint density at radius 3 is 1.77 bits per heavy atom. The van der Waals surface area contributed by atoms with Crippen LogP contribution in [0.25, 0.3) is 0 Å². The van der Waals surface area contributed by atoms with E-state index in [0.717, 1.165) is 17.6 Å². The van der Waals surface area contributed by atoms with Crippen LogP contribution in [0.15, 0.2) is 84.9 Å². The molecular weight excluding hydrogens is 400 g/mol. The van der Waals surface area contributed by atoms with Crippen molar-refractivity contribution >= 4 is 25.0 Å². The molecule has 31 heavy (non-hydrogen) atoms. The van der Waals surface area contributed by atoms with Crippen LogP contribution in [0.4, 0.5) is 0 Å². The van der Waals surface area contributed by atoms with Crippen molar-refractivity contribution in [1.82, 2.24) is 0 Å². The Bertz CT molecular complexity index is 908. The molecule has 3 rings (SSSR count). The molecule has 162 valence electrons. The Labute approximate surface area is 187 Å². The van der Waals surface area contributed by atoms with Gasteiger partial charge in [0.15, 0.2) is 0 Å². The van der Waals surface area contributed by atoms with Crippen LogP contribution >= 0.6 is 0 Å². The highest BCUT2D eigenvalue weighted by molar-refractivity contribution is 6.99. The first-order valence-corrected chi connectivity index (χ1v) is 12.7. The first-order valence-electron chi connectivity index (χ1n) is 10.8. The molecule has 0 bridgehead atoms. The molecule has 1 unspecified atom stereocenters. The van der Waals surface area contributed by atoms with E-state index >= 15 is 0 Å². The Morgan fingerprint density at radius 1 is 0.839 bits per heavy atom. The van der Waals surface area contributed by atoms with Gasteiger partial charge < -0.3 is 14.0 Å². The number of aldehydes is 1. The van der Waals surface area contributed by atoms with Gasteiger partial charge in [0, 0.05) is 12.5 Å². The van der Waals surface area contributed by atoms with Gasteiger partial charge >= 0.3 is 0 Å². The third kappa shape index (κ3) is 4.97. The minimum Gasteiger partial charge on any atom is -0.497 e. The zero-order valence-corrected chi connectivity index (χ0v) is 19.9. The first kappa shape index (κ1) is 23.0. The molecule has 0 saturated heterocycles. The van der Waals surface area contributed by atoms with Crippen molar-refractivity contribution in [2.24, 2.45) is 0 Å². The van der Waals surface area contributed by atoms with Gasteiger partial charge in [0.05, 0.1) is 7.11 Å².